The van der Waals surface area contributed by atoms with Gasteiger partial charge in [0.1, 0.15) is 0 Å². The minimum Gasteiger partial charge on any atom is -0.481 e. The minimum atomic E-state index is -0.987. The Bertz CT molecular complexity index is 248. The monoisotopic (exact) mass is 231 g/mol. The fourth-order valence-electron chi connectivity index (χ4n) is 1.56. The number of hydrogen-bond donors (Lipinski definition) is 3. The fraction of sp³-hybridized carbons (Fsp3) is 0.818. The Morgan fingerprint density at radius 3 is 2.12 bits per heavy atom. The second kappa shape index (κ2) is 6.48. The standard InChI is InChI=1S/C11H21NO4/c1-4-11(5-2,10(15)16)6-9(14)12-8(3)7-13/h8,13H,4-7H2,1-3H3,(H,12,14)(H,15,16). The van der Waals surface area contributed by atoms with Crippen LogP contribution in [-0.2, 0) is 9.59 Å². The van der Waals surface area contributed by atoms with Crippen LogP contribution in [0.3, 0.4) is 0 Å². The molecule has 1 unspecified atom stereocenters. The topological polar surface area (TPSA) is 86.6 Å². The van der Waals surface area contributed by atoms with Crippen molar-refractivity contribution in [3.63, 3.8) is 0 Å². The third kappa shape index (κ3) is 3.81. The van der Waals surface area contributed by atoms with Gasteiger partial charge in [0, 0.05) is 12.5 Å². The SMILES string of the molecule is CCC(CC)(CC(=O)NC(C)CO)C(=O)O. The lowest BCUT2D eigenvalue weighted by atomic mass is 9.79. The first-order valence-corrected chi connectivity index (χ1v) is 5.55. The van der Waals surface area contributed by atoms with E-state index >= 15 is 0 Å². The third-order valence-corrected chi connectivity index (χ3v) is 2.99. The van der Waals surface area contributed by atoms with Crippen LogP contribution in [0.4, 0.5) is 0 Å². The highest BCUT2D eigenvalue weighted by Gasteiger charge is 2.37. The first-order valence-electron chi connectivity index (χ1n) is 5.55. The Hall–Kier alpha value is -1.10. The highest BCUT2D eigenvalue weighted by Crippen LogP contribution is 2.30. The molecule has 5 nitrogen and oxygen atoms in total. The molecule has 1 atom stereocenters. The summed E-state index contributed by atoms with van der Waals surface area (Å²) in [4.78, 5) is 22.7. The molecule has 3 N–H and O–H groups in total. The maximum absolute atomic E-state index is 11.6. The van der Waals surface area contributed by atoms with Gasteiger partial charge in [-0.2, -0.15) is 0 Å². The summed E-state index contributed by atoms with van der Waals surface area (Å²) in [6.07, 6.45) is 0.791. The molecule has 0 aliphatic rings. The molecular formula is C11H21NO4. The molecule has 5 heteroatoms. The summed E-state index contributed by atoms with van der Waals surface area (Å²) >= 11 is 0. The van der Waals surface area contributed by atoms with Gasteiger partial charge in [-0.05, 0) is 19.8 Å². The van der Waals surface area contributed by atoms with Crippen LogP contribution in [0.25, 0.3) is 0 Å². The summed E-state index contributed by atoms with van der Waals surface area (Å²) in [5, 5.41) is 20.5. The zero-order chi connectivity index (χ0) is 12.8. The van der Waals surface area contributed by atoms with Crippen LogP contribution in [-0.4, -0.2) is 34.7 Å². The Balaban J connectivity index is 4.52. The van der Waals surface area contributed by atoms with Gasteiger partial charge < -0.3 is 15.5 Å². The third-order valence-electron chi connectivity index (χ3n) is 2.99. The molecule has 16 heavy (non-hydrogen) atoms. The van der Waals surface area contributed by atoms with Gasteiger partial charge in [-0.15, -0.1) is 0 Å². The van der Waals surface area contributed by atoms with E-state index < -0.39 is 11.4 Å². The first-order chi connectivity index (χ1) is 7.41. The van der Waals surface area contributed by atoms with Gasteiger partial charge in [-0.25, -0.2) is 0 Å². The molecule has 0 aromatic carbocycles. The van der Waals surface area contributed by atoms with E-state index in [1.165, 1.54) is 0 Å². The van der Waals surface area contributed by atoms with Crippen LogP contribution < -0.4 is 5.32 Å². The number of aliphatic hydroxyl groups excluding tert-OH is 1. The Morgan fingerprint density at radius 1 is 1.31 bits per heavy atom. The molecule has 94 valence electrons. The molecule has 0 radical (unpaired) electrons. The molecule has 0 spiro atoms. The number of carbonyl (C=O) groups excluding carboxylic acids is 1. The predicted octanol–water partition coefficient (Wildman–Crippen LogP) is 0.764. The van der Waals surface area contributed by atoms with Crippen LogP contribution in [0, 0.1) is 5.41 Å². The van der Waals surface area contributed by atoms with Gasteiger partial charge in [-0.1, -0.05) is 13.8 Å². The van der Waals surface area contributed by atoms with Crippen LogP contribution in [0.5, 0.6) is 0 Å². The number of carboxylic acid groups (broad SMARTS) is 1. The van der Waals surface area contributed by atoms with Gasteiger partial charge >= 0.3 is 5.97 Å². The highest BCUT2D eigenvalue weighted by molar-refractivity contribution is 5.85. The van der Waals surface area contributed by atoms with Crippen molar-refractivity contribution < 1.29 is 19.8 Å². The molecule has 0 saturated heterocycles. The highest BCUT2D eigenvalue weighted by atomic mass is 16.4. The molecular weight excluding hydrogens is 210 g/mol. The van der Waals surface area contributed by atoms with Crippen molar-refractivity contribution in [2.24, 2.45) is 5.41 Å². The van der Waals surface area contributed by atoms with Gasteiger partial charge in [0.05, 0.1) is 12.0 Å². The molecule has 0 saturated carbocycles. The van der Waals surface area contributed by atoms with Crippen molar-refractivity contribution in [2.45, 2.75) is 46.1 Å². The lowest BCUT2D eigenvalue weighted by molar-refractivity contribution is -0.152. The Kier molecular flexibility index (Phi) is 6.03. The zero-order valence-electron chi connectivity index (χ0n) is 10.1. The lowest BCUT2D eigenvalue weighted by Crippen LogP contribution is -2.41. The maximum Gasteiger partial charge on any atom is 0.310 e. The second-order valence-electron chi connectivity index (χ2n) is 4.12. The van der Waals surface area contributed by atoms with Crippen molar-refractivity contribution in [1.82, 2.24) is 5.32 Å². The number of carbonyl (C=O) groups is 2. The van der Waals surface area contributed by atoms with E-state index in [1.54, 1.807) is 20.8 Å². The normalized spacial score (nSPS) is 13.2. The maximum atomic E-state index is 11.6. The van der Waals surface area contributed by atoms with Crippen molar-refractivity contribution in [2.75, 3.05) is 6.61 Å². The molecule has 0 fully saturated rings. The quantitative estimate of drug-likeness (QED) is 0.604. The summed E-state index contributed by atoms with van der Waals surface area (Å²) < 4.78 is 0. The van der Waals surface area contributed by atoms with Crippen LogP contribution >= 0.6 is 0 Å². The van der Waals surface area contributed by atoms with Crippen molar-refractivity contribution in [1.29, 1.82) is 0 Å². The Labute approximate surface area is 95.9 Å². The summed E-state index contributed by atoms with van der Waals surface area (Å²) in [7, 11) is 0. The minimum absolute atomic E-state index is 0.0420. The van der Waals surface area contributed by atoms with E-state index in [-0.39, 0.29) is 25.0 Å². The molecule has 1 amide bonds. The average molecular weight is 231 g/mol. The summed E-state index contributed by atoms with van der Waals surface area (Å²) in [5.74, 6) is -1.27. The average Bonchev–Trinajstić information content (AvgIpc) is 2.25. The van der Waals surface area contributed by atoms with Gasteiger partial charge in [0.25, 0.3) is 0 Å². The number of aliphatic carboxylic acids is 1. The molecule has 0 aliphatic heterocycles. The first kappa shape index (κ1) is 14.9. The van der Waals surface area contributed by atoms with Crippen molar-refractivity contribution >= 4 is 11.9 Å². The number of rotatable bonds is 7. The van der Waals surface area contributed by atoms with Gasteiger partial charge in [0.15, 0.2) is 0 Å². The molecule has 0 aliphatic carbocycles. The van der Waals surface area contributed by atoms with Crippen LogP contribution in [0.15, 0.2) is 0 Å². The fourth-order valence-corrected chi connectivity index (χ4v) is 1.56. The van der Waals surface area contributed by atoms with Crippen molar-refractivity contribution in [3.05, 3.63) is 0 Å². The van der Waals surface area contributed by atoms with E-state index in [1.807, 2.05) is 0 Å². The van der Waals surface area contributed by atoms with Crippen molar-refractivity contribution in [3.8, 4) is 0 Å². The summed E-state index contributed by atoms with van der Waals surface area (Å²) in [5.41, 5.74) is -0.987. The predicted molar refractivity (Wildman–Crippen MR) is 60.0 cm³/mol. The molecule has 0 rings (SSSR count). The van der Waals surface area contributed by atoms with Crippen LogP contribution in [0.1, 0.15) is 40.0 Å². The number of carboxylic acids is 1. The second-order valence-corrected chi connectivity index (χ2v) is 4.12. The zero-order valence-corrected chi connectivity index (χ0v) is 10.1. The number of hydrogen-bond acceptors (Lipinski definition) is 3. The largest absolute Gasteiger partial charge is 0.481 e. The van der Waals surface area contributed by atoms with Gasteiger partial charge in [0.2, 0.25) is 5.91 Å². The van der Waals surface area contributed by atoms with Crippen LogP contribution in [0.2, 0.25) is 0 Å². The van der Waals surface area contributed by atoms with E-state index in [0.29, 0.717) is 12.8 Å². The number of aliphatic hydroxyl groups is 1. The number of amides is 1. The van der Waals surface area contributed by atoms with E-state index in [2.05, 4.69) is 5.32 Å². The number of nitrogens with one attached hydrogen (secondary N) is 1. The molecule has 0 bridgehead atoms. The lowest BCUT2D eigenvalue weighted by Gasteiger charge is -2.26. The summed E-state index contributed by atoms with van der Waals surface area (Å²) in [6, 6.07) is -0.340. The smallest absolute Gasteiger partial charge is 0.310 e. The Morgan fingerprint density at radius 2 is 1.81 bits per heavy atom. The van der Waals surface area contributed by atoms with E-state index in [4.69, 9.17) is 10.2 Å². The van der Waals surface area contributed by atoms with E-state index in [0.717, 1.165) is 0 Å². The summed E-state index contributed by atoms with van der Waals surface area (Å²) in [6.45, 7) is 5.04. The molecule has 0 heterocycles. The van der Waals surface area contributed by atoms with Gasteiger partial charge in [-0.3, -0.25) is 9.59 Å². The molecule has 0 aromatic heterocycles. The van der Waals surface area contributed by atoms with E-state index in [9.17, 15) is 9.59 Å². The molecule has 0 aromatic rings.